The summed E-state index contributed by atoms with van der Waals surface area (Å²) in [6.07, 6.45) is 11.0. The Hall–Kier alpha value is -0.770. The molecule has 0 heterocycles. The van der Waals surface area contributed by atoms with Crippen LogP contribution >= 0.6 is 0 Å². The maximum atomic E-state index is 8.41. The molecule has 4 nitrogen and oxygen atoms in total. The van der Waals surface area contributed by atoms with E-state index in [4.69, 9.17) is 10.9 Å². The molecule has 0 aromatic rings. The molecule has 0 radical (unpaired) electrons. The minimum atomic E-state index is 0.343. The molecule has 4 N–H and O–H groups in total. The van der Waals surface area contributed by atoms with Crippen molar-refractivity contribution in [1.82, 2.24) is 5.32 Å². The highest BCUT2D eigenvalue weighted by Gasteiger charge is 2.19. The van der Waals surface area contributed by atoms with E-state index < -0.39 is 0 Å². The number of amidine groups is 1. The number of nitrogens with two attached hydrogens (primary N) is 1. The number of unbranched alkanes of at least 4 members (excludes halogenated alkanes) is 1. The van der Waals surface area contributed by atoms with Gasteiger partial charge in [0.2, 0.25) is 0 Å². The molecule has 0 saturated heterocycles. The van der Waals surface area contributed by atoms with Crippen LogP contribution in [0.25, 0.3) is 0 Å². The highest BCUT2D eigenvalue weighted by atomic mass is 16.4. The molecule has 1 aliphatic rings. The van der Waals surface area contributed by atoms with Gasteiger partial charge in [-0.15, -0.1) is 0 Å². The van der Waals surface area contributed by atoms with Crippen molar-refractivity contribution in [2.45, 2.75) is 70.8 Å². The largest absolute Gasteiger partial charge is 0.409 e. The van der Waals surface area contributed by atoms with Gasteiger partial charge in [-0.05, 0) is 51.0 Å². The molecule has 0 spiro atoms. The van der Waals surface area contributed by atoms with E-state index >= 15 is 0 Å². The molecule has 1 saturated carbocycles. The van der Waals surface area contributed by atoms with Gasteiger partial charge in [-0.3, -0.25) is 0 Å². The molecule has 0 aromatic carbocycles. The van der Waals surface area contributed by atoms with Crippen molar-refractivity contribution in [3.05, 3.63) is 0 Å². The van der Waals surface area contributed by atoms with Crippen LogP contribution in [0, 0.1) is 5.92 Å². The van der Waals surface area contributed by atoms with Gasteiger partial charge in [0.15, 0.2) is 0 Å². The van der Waals surface area contributed by atoms with E-state index in [1.54, 1.807) is 0 Å². The smallest absolute Gasteiger partial charge is 0.139 e. The molecule has 18 heavy (non-hydrogen) atoms. The number of nitrogens with one attached hydrogen (secondary N) is 1. The summed E-state index contributed by atoms with van der Waals surface area (Å²) in [5, 5.41) is 15.0. The fourth-order valence-corrected chi connectivity index (χ4v) is 2.85. The summed E-state index contributed by atoms with van der Waals surface area (Å²) in [6.45, 7) is 3.34. The van der Waals surface area contributed by atoms with E-state index in [2.05, 4.69) is 17.4 Å². The van der Waals surface area contributed by atoms with Crippen LogP contribution in [0.3, 0.4) is 0 Å². The molecule has 0 unspecified atom stereocenters. The lowest BCUT2D eigenvalue weighted by molar-refractivity contribution is 0.278. The third kappa shape index (κ3) is 6.24. The van der Waals surface area contributed by atoms with E-state index in [0.29, 0.717) is 12.3 Å². The van der Waals surface area contributed by atoms with Crippen LogP contribution in [0.4, 0.5) is 0 Å². The molecule has 0 bridgehead atoms. The summed E-state index contributed by atoms with van der Waals surface area (Å²) in [7, 11) is 0. The van der Waals surface area contributed by atoms with Gasteiger partial charge in [0.25, 0.3) is 0 Å². The average molecular weight is 255 g/mol. The second kappa shape index (κ2) is 9.20. The second-order valence-electron chi connectivity index (χ2n) is 5.51. The quantitative estimate of drug-likeness (QED) is 0.205. The Labute approximate surface area is 111 Å². The first-order valence-corrected chi connectivity index (χ1v) is 7.46. The molecule has 0 aliphatic heterocycles. The van der Waals surface area contributed by atoms with E-state index in [0.717, 1.165) is 31.3 Å². The molecular formula is C14H29N3O. The maximum Gasteiger partial charge on any atom is 0.139 e. The van der Waals surface area contributed by atoms with E-state index in [1.165, 1.54) is 38.5 Å². The van der Waals surface area contributed by atoms with Gasteiger partial charge in [-0.2, -0.15) is 0 Å². The predicted octanol–water partition coefficient (Wildman–Crippen LogP) is 2.85. The van der Waals surface area contributed by atoms with Crippen LogP contribution in [-0.2, 0) is 0 Å². The second-order valence-corrected chi connectivity index (χ2v) is 5.51. The Morgan fingerprint density at radius 2 is 2.00 bits per heavy atom. The van der Waals surface area contributed by atoms with Crippen LogP contribution in [0.1, 0.15) is 64.7 Å². The van der Waals surface area contributed by atoms with Crippen molar-refractivity contribution in [2.24, 2.45) is 16.8 Å². The highest BCUT2D eigenvalue weighted by Crippen LogP contribution is 2.27. The van der Waals surface area contributed by atoms with Crippen LogP contribution in [0.5, 0.6) is 0 Å². The Kier molecular flexibility index (Phi) is 7.81. The van der Waals surface area contributed by atoms with Crippen LogP contribution in [0.15, 0.2) is 5.16 Å². The van der Waals surface area contributed by atoms with Crippen molar-refractivity contribution in [1.29, 1.82) is 0 Å². The van der Waals surface area contributed by atoms with E-state index in [1.807, 2.05) is 0 Å². The number of nitrogens with zero attached hydrogens (tertiary/aromatic N) is 1. The van der Waals surface area contributed by atoms with Gasteiger partial charge < -0.3 is 16.3 Å². The summed E-state index contributed by atoms with van der Waals surface area (Å²) in [6, 6.07) is 0.724. The Morgan fingerprint density at radius 3 is 2.61 bits per heavy atom. The number of hydrogen-bond donors (Lipinski definition) is 3. The molecule has 0 amide bonds. The Morgan fingerprint density at radius 1 is 1.28 bits per heavy atom. The lowest BCUT2D eigenvalue weighted by Crippen LogP contribution is -2.33. The van der Waals surface area contributed by atoms with E-state index in [9.17, 15) is 0 Å². The third-order valence-corrected chi connectivity index (χ3v) is 3.96. The normalized spacial score (nSPS) is 25.3. The van der Waals surface area contributed by atoms with Crippen LogP contribution in [0.2, 0.25) is 0 Å². The van der Waals surface area contributed by atoms with Gasteiger partial charge in [0, 0.05) is 12.5 Å². The van der Waals surface area contributed by atoms with Crippen molar-refractivity contribution in [2.75, 3.05) is 6.54 Å². The summed E-state index contributed by atoms with van der Waals surface area (Å²) in [5.41, 5.74) is 5.42. The number of rotatable bonds is 8. The zero-order chi connectivity index (χ0) is 13.2. The topological polar surface area (TPSA) is 70.6 Å². The first-order valence-electron chi connectivity index (χ1n) is 7.46. The Bertz CT molecular complexity index is 235. The molecule has 1 fully saturated rings. The third-order valence-electron chi connectivity index (χ3n) is 3.96. The summed E-state index contributed by atoms with van der Waals surface area (Å²) in [4.78, 5) is 0. The van der Waals surface area contributed by atoms with Gasteiger partial charge in [0.05, 0.1) is 0 Å². The molecule has 1 rings (SSSR count). The zero-order valence-corrected chi connectivity index (χ0v) is 11.7. The summed E-state index contributed by atoms with van der Waals surface area (Å²) >= 11 is 0. The van der Waals surface area contributed by atoms with Crippen molar-refractivity contribution in [3.8, 4) is 0 Å². The van der Waals surface area contributed by atoms with Gasteiger partial charge in [-0.25, -0.2) is 0 Å². The Balaban J connectivity index is 1.97. The van der Waals surface area contributed by atoms with Crippen molar-refractivity contribution < 1.29 is 5.21 Å². The molecule has 0 aromatic heterocycles. The fraction of sp³-hybridized carbons (Fsp3) is 0.929. The van der Waals surface area contributed by atoms with Crippen molar-refractivity contribution in [3.63, 3.8) is 0 Å². The lowest BCUT2D eigenvalue weighted by atomic mass is 9.83. The van der Waals surface area contributed by atoms with Gasteiger partial charge in [0.1, 0.15) is 5.84 Å². The first kappa shape index (κ1) is 15.3. The monoisotopic (exact) mass is 255 g/mol. The lowest BCUT2D eigenvalue weighted by Gasteiger charge is -2.29. The molecule has 1 aliphatic carbocycles. The standard InChI is InChI=1S/C14H29N3O/c1-2-5-12-7-9-13(10-8-12)16-11-4-3-6-14(15)17-18/h12-13,16,18H,2-11H2,1H3,(H2,15,17). The number of hydrogen-bond acceptors (Lipinski definition) is 3. The molecule has 106 valence electrons. The van der Waals surface area contributed by atoms with Crippen LogP contribution in [-0.4, -0.2) is 23.6 Å². The SMILES string of the molecule is CCCC1CCC(NCCCCC(N)=NO)CC1. The van der Waals surface area contributed by atoms with Gasteiger partial charge >= 0.3 is 0 Å². The molecular weight excluding hydrogens is 226 g/mol. The summed E-state index contributed by atoms with van der Waals surface area (Å²) in [5.74, 6) is 1.32. The minimum absolute atomic E-state index is 0.343. The number of oxime groups is 1. The first-order chi connectivity index (χ1) is 8.76. The molecule has 0 atom stereocenters. The van der Waals surface area contributed by atoms with Crippen LogP contribution < -0.4 is 11.1 Å². The summed E-state index contributed by atoms with van der Waals surface area (Å²) < 4.78 is 0. The highest BCUT2D eigenvalue weighted by molar-refractivity contribution is 5.79. The van der Waals surface area contributed by atoms with Crippen molar-refractivity contribution >= 4 is 5.84 Å². The minimum Gasteiger partial charge on any atom is -0.409 e. The van der Waals surface area contributed by atoms with Gasteiger partial charge in [-0.1, -0.05) is 24.9 Å². The molecule has 4 heteroatoms. The predicted molar refractivity (Wildman–Crippen MR) is 75.9 cm³/mol. The maximum absolute atomic E-state index is 8.41. The average Bonchev–Trinajstić information content (AvgIpc) is 2.40. The van der Waals surface area contributed by atoms with E-state index in [-0.39, 0.29) is 0 Å². The zero-order valence-electron chi connectivity index (χ0n) is 11.7. The fourth-order valence-electron chi connectivity index (χ4n) is 2.85.